The predicted octanol–water partition coefficient (Wildman–Crippen LogP) is 0.535. The fourth-order valence-corrected chi connectivity index (χ4v) is 2.19. The minimum absolute atomic E-state index is 0.0778. The first-order valence-corrected chi connectivity index (χ1v) is 6.21. The van der Waals surface area contributed by atoms with Crippen molar-refractivity contribution in [3.8, 4) is 0 Å². The van der Waals surface area contributed by atoms with E-state index >= 15 is 0 Å². The van der Waals surface area contributed by atoms with Gasteiger partial charge in [-0.05, 0) is 6.92 Å². The van der Waals surface area contributed by atoms with Gasteiger partial charge in [-0.2, -0.15) is 0 Å². The van der Waals surface area contributed by atoms with Crippen LogP contribution in [0.1, 0.15) is 28.4 Å². The van der Waals surface area contributed by atoms with Gasteiger partial charge in [-0.15, -0.1) is 11.6 Å². The zero-order valence-electron chi connectivity index (χ0n) is 9.09. The van der Waals surface area contributed by atoms with Crippen molar-refractivity contribution in [1.29, 1.82) is 0 Å². The number of thiazole rings is 1. The molecule has 17 heavy (non-hydrogen) atoms. The summed E-state index contributed by atoms with van der Waals surface area (Å²) in [6, 6.07) is 0. The Hall–Kier alpha value is -0.890. The van der Waals surface area contributed by atoms with Crippen molar-refractivity contribution in [3.63, 3.8) is 0 Å². The van der Waals surface area contributed by atoms with Crippen LogP contribution in [0.15, 0.2) is 0 Å². The van der Waals surface area contributed by atoms with Crippen molar-refractivity contribution in [1.82, 2.24) is 4.98 Å². The SMILES string of the molecule is CCOC(=O)c1nc(N)sc1C(O)C(O)CCl. The highest BCUT2D eigenvalue weighted by Gasteiger charge is 2.28. The molecule has 1 aromatic rings. The number of rotatable bonds is 5. The van der Waals surface area contributed by atoms with Crippen LogP contribution in [-0.4, -0.2) is 39.8 Å². The summed E-state index contributed by atoms with van der Waals surface area (Å²) >= 11 is 6.34. The highest BCUT2D eigenvalue weighted by atomic mass is 35.5. The number of aromatic nitrogens is 1. The Bertz CT molecular complexity index is 398. The molecule has 0 radical (unpaired) electrons. The van der Waals surface area contributed by atoms with Crippen LogP contribution >= 0.6 is 22.9 Å². The summed E-state index contributed by atoms with van der Waals surface area (Å²) in [6.45, 7) is 1.83. The molecule has 0 aromatic carbocycles. The number of nitrogen functional groups attached to an aromatic ring is 1. The third-order valence-corrected chi connectivity index (χ3v) is 3.20. The molecule has 0 aliphatic heterocycles. The molecule has 0 amide bonds. The third-order valence-electron chi connectivity index (χ3n) is 1.93. The lowest BCUT2D eigenvalue weighted by molar-refractivity contribution is 0.0320. The Morgan fingerprint density at radius 3 is 2.82 bits per heavy atom. The lowest BCUT2D eigenvalue weighted by Crippen LogP contribution is -2.21. The summed E-state index contributed by atoms with van der Waals surface area (Å²) in [4.78, 5) is 15.5. The molecule has 8 heteroatoms. The molecule has 2 unspecified atom stereocenters. The summed E-state index contributed by atoms with van der Waals surface area (Å²) in [6.07, 6.45) is -2.49. The molecule has 1 rings (SSSR count). The summed E-state index contributed by atoms with van der Waals surface area (Å²) in [5.74, 6) is -0.849. The van der Waals surface area contributed by atoms with Crippen LogP contribution in [0.25, 0.3) is 0 Å². The highest BCUT2D eigenvalue weighted by Crippen LogP contribution is 2.30. The molecule has 0 saturated carbocycles. The fourth-order valence-electron chi connectivity index (χ4n) is 1.15. The van der Waals surface area contributed by atoms with E-state index in [0.29, 0.717) is 0 Å². The van der Waals surface area contributed by atoms with E-state index in [0.717, 1.165) is 11.3 Å². The first kappa shape index (κ1) is 14.2. The van der Waals surface area contributed by atoms with E-state index in [9.17, 15) is 15.0 Å². The molecule has 6 nitrogen and oxygen atoms in total. The highest BCUT2D eigenvalue weighted by molar-refractivity contribution is 7.15. The number of nitrogens with zero attached hydrogens (tertiary/aromatic N) is 1. The largest absolute Gasteiger partial charge is 0.461 e. The van der Waals surface area contributed by atoms with Gasteiger partial charge in [-0.1, -0.05) is 11.3 Å². The van der Waals surface area contributed by atoms with Crippen molar-refractivity contribution in [2.75, 3.05) is 18.2 Å². The summed E-state index contributed by atoms with van der Waals surface area (Å²) < 4.78 is 4.77. The molecule has 4 N–H and O–H groups in total. The normalized spacial score (nSPS) is 14.4. The molecule has 0 bridgehead atoms. The van der Waals surface area contributed by atoms with Gasteiger partial charge in [-0.25, -0.2) is 9.78 Å². The van der Waals surface area contributed by atoms with Crippen molar-refractivity contribution in [2.45, 2.75) is 19.1 Å². The van der Waals surface area contributed by atoms with E-state index in [4.69, 9.17) is 22.1 Å². The lowest BCUT2D eigenvalue weighted by atomic mass is 10.1. The van der Waals surface area contributed by atoms with Gasteiger partial charge < -0.3 is 20.7 Å². The standard InChI is InChI=1S/C9H13ClN2O4S/c1-2-16-8(15)5-7(17-9(11)12-5)6(14)4(13)3-10/h4,6,13-14H,2-3H2,1H3,(H2,11,12). The number of alkyl halides is 1. The molecule has 0 aliphatic carbocycles. The Morgan fingerprint density at radius 1 is 1.65 bits per heavy atom. The Labute approximate surface area is 107 Å². The first-order chi connectivity index (χ1) is 8.01. The van der Waals surface area contributed by atoms with E-state index in [1.807, 2.05) is 0 Å². The smallest absolute Gasteiger partial charge is 0.358 e. The zero-order chi connectivity index (χ0) is 13.0. The molecular formula is C9H13ClN2O4S. The van der Waals surface area contributed by atoms with E-state index in [2.05, 4.69) is 4.98 Å². The molecule has 0 spiro atoms. The minimum Gasteiger partial charge on any atom is -0.461 e. The predicted molar refractivity (Wildman–Crippen MR) is 64.2 cm³/mol. The van der Waals surface area contributed by atoms with Gasteiger partial charge in [0, 0.05) is 0 Å². The van der Waals surface area contributed by atoms with Crippen molar-refractivity contribution in [2.24, 2.45) is 0 Å². The van der Waals surface area contributed by atoms with E-state index in [1.54, 1.807) is 6.92 Å². The van der Waals surface area contributed by atoms with Gasteiger partial charge in [0.15, 0.2) is 10.8 Å². The van der Waals surface area contributed by atoms with Crippen LogP contribution in [-0.2, 0) is 4.74 Å². The molecule has 2 atom stereocenters. The molecule has 96 valence electrons. The van der Waals surface area contributed by atoms with Crippen LogP contribution in [0, 0.1) is 0 Å². The van der Waals surface area contributed by atoms with Gasteiger partial charge >= 0.3 is 5.97 Å². The monoisotopic (exact) mass is 280 g/mol. The van der Waals surface area contributed by atoms with Crippen molar-refractivity contribution < 1.29 is 19.7 Å². The molecule has 1 heterocycles. The van der Waals surface area contributed by atoms with Crippen molar-refractivity contribution in [3.05, 3.63) is 10.6 Å². The number of nitrogens with two attached hydrogens (primary N) is 1. The molecule has 0 fully saturated rings. The number of aliphatic hydroxyl groups excluding tert-OH is 2. The van der Waals surface area contributed by atoms with E-state index in [-0.39, 0.29) is 28.2 Å². The quantitative estimate of drug-likeness (QED) is 0.537. The lowest BCUT2D eigenvalue weighted by Gasteiger charge is -2.14. The third kappa shape index (κ3) is 3.29. The maximum absolute atomic E-state index is 11.5. The van der Waals surface area contributed by atoms with Gasteiger partial charge in [0.2, 0.25) is 0 Å². The second-order valence-corrected chi connectivity index (χ2v) is 4.52. The molecule has 0 saturated heterocycles. The first-order valence-electron chi connectivity index (χ1n) is 4.86. The average molecular weight is 281 g/mol. The summed E-state index contributed by atoms with van der Waals surface area (Å²) in [5.41, 5.74) is 5.39. The van der Waals surface area contributed by atoms with E-state index < -0.39 is 18.2 Å². The molecule has 1 aromatic heterocycles. The van der Waals surface area contributed by atoms with Gasteiger partial charge in [0.05, 0.1) is 23.5 Å². The second kappa shape index (κ2) is 6.15. The van der Waals surface area contributed by atoms with Crippen LogP contribution in [0.4, 0.5) is 5.13 Å². The second-order valence-electron chi connectivity index (χ2n) is 3.15. The van der Waals surface area contributed by atoms with E-state index in [1.165, 1.54) is 0 Å². The van der Waals surface area contributed by atoms with Gasteiger partial charge in [0.25, 0.3) is 0 Å². The number of anilines is 1. The van der Waals surface area contributed by atoms with Gasteiger partial charge in [-0.3, -0.25) is 0 Å². The summed E-state index contributed by atoms with van der Waals surface area (Å²) in [5, 5.41) is 19.3. The number of carbonyl (C=O) groups excluding carboxylic acids is 1. The van der Waals surface area contributed by atoms with Crippen LogP contribution < -0.4 is 5.73 Å². The van der Waals surface area contributed by atoms with Crippen LogP contribution in [0.3, 0.4) is 0 Å². The summed E-state index contributed by atoms with van der Waals surface area (Å²) in [7, 11) is 0. The van der Waals surface area contributed by atoms with Crippen LogP contribution in [0.2, 0.25) is 0 Å². The number of halogens is 1. The average Bonchev–Trinajstić information content (AvgIpc) is 2.69. The number of carbonyl (C=O) groups is 1. The maximum Gasteiger partial charge on any atom is 0.358 e. The topological polar surface area (TPSA) is 106 Å². The van der Waals surface area contributed by atoms with Gasteiger partial charge in [0.1, 0.15) is 6.10 Å². The fraction of sp³-hybridized carbons (Fsp3) is 0.556. The molecular weight excluding hydrogens is 268 g/mol. The molecule has 0 aliphatic rings. The number of ether oxygens (including phenoxy) is 1. The number of hydrogen-bond acceptors (Lipinski definition) is 7. The number of aliphatic hydroxyl groups is 2. The Kier molecular flexibility index (Phi) is 5.13. The van der Waals surface area contributed by atoms with Crippen LogP contribution in [0.5, 0.6) is 0 Å². The van der Waals surface area contributed by atoms with Crippen molar-refractivity contribution >= 4 is 34.0 Å². The Morgan fingerprint density at radius 2 is 2.29 bits per heavy atom. The number of hydrogen-bond donors (Lipinski definition) is 3. The zero-order valence-corrected chi connectivity index (χ0v) is 10.7. The number of esters is 1. The Balaban J connectivity index is 3.02. The minimum atomic E-state index is -1.30. The maximum atomic E-state index is 11.5.